The molecule has 3 atom stereocenters. The van der Waals surface area contributed by atoms with Crippen molar-refractivity contribution in [3.8, 4) is 0 Å². The van der Waals surface area contributed by atoms with Crippen molar-refractivity contribution in [3.63, 3.8) is 0 Å². The van der Waals surface area contributed by atoms with Crippen molar-refractivity contribution in [2.45, 2.75) is 38.6 Å². The van der Waals surface area contributed by atoms with Crippen LogP contribution in [0.3, 0.4) is 0 Å². The molecule has 3 unspecified atom stereocenters. The Labute approximate surface area is 118 Å². The van der Waals surface area contributed by atoms with E-state index in [9.17, 15) is 0 Å². The average molecular weight is 308 g/mol. The molecule has 0 bridgehead atoms. The minimum atomic E-state index is 0.575. The highest BCUT2D eigenvalue weighted by molar-refractivity contribution is 9.10. The first-order valence-electron chi connectivity index (χ1n) is 7.26. The first-order valence-corrected chi connectivity index (χ1v) is 8.06. The smallest absolute Gasteiger partial charge is 0.0348 e. The molecule has 0 radical (unpaired) electrons. The maximum absolute atomic E-state index is 3.77. The molecule has 1 N–H and O–H groups in total. The van der Waals surface area contributed by atoms with Crippen LogP contribution in [0.1, 0.15) is 44.2 Å². The summed E-state index contributed by atoms with van der Waals surface area (Å²) in [6.07, 6.45) is 5.62. The number of rotatable bonds is 5. The van der Waals surface area contributed by atoms with E-state index in [-0.39, 0.29) is 0 Å². The van der Waals surface area contributed by atoms with Gasteiger partial charge in [0.1, 0.15) is 0 Å². The van der Waals surface area contributed by atoms with Crippen LogP contribution in [0.5, 0.6) is 0 Å². The molecule has 0 spiro atoms. The molecule has 1 nitrogen and oxygen atoms in total. The van der Waals surface area contributed by atoms with Crippen molar-refractivity contribution < 1.29 is 0 Å². The second-order valence-electron chi connectivity index (χ2n) is 5.97. The Morgan fingerprint density at radius 3 is 2.44 bits per heavy atom. The summed E-state index contributed by atoms with van der Waals surface area (Å²) >= 11 is 3.53. The summed E-state index contributed by atoms with van der Waals surface area (Å²) in [6.45, 7) is 3.38. The summed E-state index contributed by atoms with van der Waals surface area (Å²) in [6, 6.07) is 9.48. The Morgan fingerprint density at radius 1 is 1.17 bits per heavy atom. The molecular formula is C16H22BrN. The van der Waals surface area contributed by atoms with E-state index in [0.29, 0.717) is 6.04 Å². The van der Waals surface area contributed by atoms with Crippen LogP contribution in [0, 0.1) is 17.8 Å². The number of nitrogens with one attached hydrogen (secondary N) is 1. The first-order chi connectivity index (χ1) is 8.78. The molecule has 0 amide bonds. The van der Waals surface area contributed by atoms with Crippen LogP contribution in [0.2, 0.25) is 0 Å². The molecule has 2 fully saturated rings. The highest BCUT2D eigenvalue weighted by Crippen LogP contribution is 2.57. The molecule has 98 valence electrons. The molecule has 2 aliphatic rings. The zero-order chi connectivity index (χ0) is 12.5. The Balaban J connectivity index is 1.73. The summed E-state index contributed by atoms with van der Waals surface area (Å²) in [4.78, 5) is 0. The van der Waals surface area contributed by atoms with Crippen molar-refractivity contribution >= 4 is 15.9 Å². The lowest BCUT2D eigenvalue weighted by molar-refractivity contribution is 0.342. The van der Waals surface area contributed by atoms with Gasteiger partial charge in [-0.2, -0.15) is 0 Å². The Morgan fingerprint density at radius 2 is 1.83 bits per heavy atom. The number of hydrogen-bond donors (Lipinski definition) is 1. The second-order valence-corrected chi connectivity index (χ2v) is 6.89. The highest BCUT2D eigenvalue weighted by atomic mass is 79.9. The van der Waals surface area contributed by atoms with Gasteiger partial charge in [0.25, 0.3) is 0 Å². The van der Waals surface area contributed by atoms with Crippen molar-refractivity contribution in [2.75, 3.05) is 6.54 Å². The molecule has 1 aromatic rings. The van der Waals surface area contributed by atoms with E-state index in [1.165, 1.54) is 35.7 Å². The maximum Gasteiger partial charge on any atom is 0.0348 e. The fourth-order valence-corrected chi connectivity index (χ4v) is 3.82. The summed E-state index contributed by atoms with van der Waals surface area (Å²) < 4.78 is 1.18. The molecule has 0 saturated heterocycles. The maximum atomic E-state index is 3.77. The van der Waals surface area contributed by atoms with Gasteiger partial charge < -0.3 is 5.32 Å². The summed E-state index contributed by atoms with van der Waals surface area (Å²) in [5.74, 6) is 2.99. The standard InChI is InChI=1S/C16H22BrN/c1-2-7-18-16(11-3-5-15(17)6-4-11)14-9-12-8-13(12)10-14/h3-6,12-14,16,18H,2,7-10H2,1H3. The number of halogens is 1. The molecule has 2 heteroatoms. The lowest BCUT2D eigenvalue weighted by Crippen LogP contribution is -2.28. The molecule has 2 aliphatic carbocycles. The van der Waals surface area contributed by atoms with Crippen molar-refractivity contribution in [1.29, 1.82) is 0 Å². The lowest BCUT2D eigenvalue weighted by Gasteiger charge is -2.26. The molecule has 0 aliphatic heterocycles. The zero-order valence-corrected chi connectivity index (χ0v) is 12.6. The van der Waals surface area contributed by atoms with Crippen LogP contribution in [0.25, 0.3) is 0 Å². The summed E-state index contributed by atoms with van der Waals surface area (Å²) in [7, 11) is 0. The molecule has 1 aromatic carbocycles. The van der Waals surface area contributed by atoms with Gasteiger partial charge in [0.2, 0.25) is 0 Å². The van der Waals surface area contributed by atoms with Crippen molar-refractivity contribution in [2.24, 2.45) is 17.8 Å². The second kappa shape index (κ2) is 5.34. The third-order valence-electron chi connectivity index (χ3n) is 4.59. The van der Waals surface area contributed by atoms with Crippen molar-refractivity contribution in [3.05, 3.63) is 34.3 Å². The molecule has 0 aromatic heterocycles. The van der Waals surface area contributed by atoms with Gasteiger partial charge in [0.05, 0.1) is 0 Å². The van der Waals surface area contributed by atoms with Gasteiger partial charge in [-0.1, -0.05) is 35.0 Å². The Kier molecular flexibility index (Phi) is 3.76. The van der Waals surface area contributed by atoms with E-state index in [4.69, 9.17) is 0 Å². The minimum Gasteiger partial charge on any atom is -0.310 e. The molecule has 2 saturated carbocycles. The normalized spacial score (nSPS) is 31.1. The topological polar surface area (TPSA) is 12.0 Å². The summed E-state index contributed by atoms with van der Waals surface area (Å²) in [5, 5.41) is 3.77. The molecule has 18 heavy (non-hydrogen) atoms. The SMILES string of the molecule is CCCNC(c1ccc(Br)cc1)C1CC2CC2C1. The monoisotopic (exact) mass is 307 g/mol. The van der Waals surface area contributed by atoms with E-state index in [1.54, 1.807) is 0 Å². The lowest BCUT2D eigenvalue weighted by atomic mass is 9.89. The van der Waals surface area contributed by atoms with Gasteiger partial charge >= 0.3 is 0 Å². The predicted octanol–water partition coefficient (Wildman–Crippen LogP) is 4.54. The number of hydrogen-bond acceptors (Lipinski definition) is 1. The van der Waals surface area contributed by atoms with E-state index in [1.807, 2.05) is 0 Å². The average Bonchev–Trinajstić information content (AvgIpc) is 2.99. The summed E-state index contributed by atoms with van der Waals surface area (Å²) in [5.41, 5.74) is 1.47. The van der Waals surface area contributed by atoms with Crippen LogP contribution < -0.4 is 5.32 Å². The van der Waals surface area contributed by atoms with Gasteiger partial charge in [-0.15, -0.1) is 0 Å². The fourth-order valence-electron chi connectivity index (χ4n) is 3.56. The van der Waals surface area contributed by atoms with Gasteiger partial charge in [0, 0.05) is 10.5 Å². The third kappa shape index (κ3) is 2.65. The van der Waals surface area contributed by atoms with Crippen LogP contribution >= 0.6 is 15.9 Å². The van der Waals surface area contributed by atoms with Crippen molar-refractivity contribution in [1.82, 2.24) is 5.32 Å². The molecule has 0 heterocycles. The van der Waals surface area contributed by atoms with Crippen LogP contribution in [0.15, 0.2) is 28.7 Å². The first kappa shape index (κ1) is 12.7. The van der Waals surface area contributed by atoms with Crippen LogP contribution in [-0.2, 0) is 0 Å². The van der Waals surface area contributed by atoms with Crippen LogP contribution in [-0.4, -0.2) is 6.54 Å². The van der Waals surface area contributed by atoms with Crippen LogP contribution in [0.4, 0.5) is 0 Å². The van der Waals surface area contributed by atoms with Gasteiger partial charge in [-0.05, 0) is 67.7 Å². The fraction of sp³-hybridized carbons (Fsp3) is 0.625. The van der Waals surface area contributed by atoms with Gasteiger partial charge in [0.15, 0.2) is 0 Å². The Hall–Kier alpha value is -0.340. The van der Waals surface area contributed by atoms with E-state index >= 15 is 0 Å². The number of fused-ring (bicyclic) bond motifs is 1. The Bertz CT molecular complexity index is 390. The van der Waals surface area contributed by atoms with E-state index < -0.39 is 0 Å². The van der Waals surface area contributed by atoms with E-state index in [2.05, 4.69) is 52.4 Å². The molecular weight excluding hydrogens is 286 g/mol. The van der Waals surface area contributed by atoms with Gasteiger partial charge in [-0.25, -0.2) is 0 Å². The minimum absolute atomic E-state index is 0.575. The zero-order valence-electron chi connectivity index (χ0n) is 11.0. The quantitative estimate of drug-likeness (QED) is 0.842. The predicted molar refractivity (Wildman–Crippen MR) is 79.5 cm³/mol. The number of benzene rings is 1. The third-order valence-corrected chi connectivity index (χ3v) is 5.12. The highest BCUT2D eigenvalue weighted by Gasteiger charge is 2.47. The van der Waals surface area contributed by atoms with E-state index in [0.717, 1.165) is 24.3 Å². The molecule has 3 rings (SSSR count). The van der Waals surface area contributed by atoms with Gasteiger partial charge in [-0.3, -0.25) is 0 Å². The largest absolute Gasteiger partial charge is 0.310 e.